The number of hydrogen-bond acceptors (Lipinski definition) is 8. The van der Waals surface area contributed by atoms with Gasteiger partial charge in [0.05, 0.1) is 24.3 Å². The summed E-state index contributed by atoms with van der Waals surface area (Å²) < 4.78 is 4.56. The van der Waals surface area contributed by atoms with E-state index in [4.69, 9.17) is 4.74 Å². The summed E-state index contributed by atoms with van der Waals surface area (Å²) in [6.45, 7) is 6.32. The van der Waals surface area contributed by atoms with Gasteiger partial charge < -0.3 is 29.6 Å². The van der Waals surface area contributed by atoms with Gasteiger partial charge in [0.15, 0.2) is 0 Å². The molecule has 3 atom stereocenters. The number of benzene rings is 2. The van der Waals surface area contributed by atoms with E-state index in [1.807, 2.05) is 60.7 Å². The van der Waals surface area contributed by atoms with Crippen LogP contribution in [0.25, 0.3) is 0 Å². The molecular formula is C32H42N4O7S. The number of carbonyl (C=O) groups is 4. The topological polar surface area (TPSA) is 131 Å². The quantitative estimate of drug-likeness (QED) is 0.303. The van der Waals surface area contributed by atoms with Gasteiger partial charge in [-0.3, -0.25) is 19.3 Å². The summed E-state index contributed by atoms with van der Waals surface area (Å²) in [6, 6.07) is 17.5. The van der Waals surface area contributed by atoms with Crippen LogP contribution in [0.2, 0.25) is 0 Å². The molecule has 0 radical (unpaired) electrons. The average molecular weight is 627 g/mol. The Kier molecular flexibility index (Phi) is 9.64. The Bertz CT molecular complexity index is 1350. The van der Waals surface area contributed by atoms with Gasteiger partial charge in [-0.1, -0.05) is 60.7 Å². The number of hydrogen-bond donors (Lipinski definition) is 2. The third kappa shape index (κ3) is 5.83. The molecule has 11 nitrogen and oxygen atoms in total. The first kappa shape index (κ1) is 32.0. The highest BCUT2D eigenvalue weighted by Gasteiger charge is 2.72. The van der Waals surface area contributed by atoms with Crippen molar-refractivity contribution in [3.63, 3.8) is 0 Å². The molecule has 0 bridgehead atoms. The van der Waals surface area contributed by atoms with Crippen molar-refractivity contribution >= 4 is 33.1 Å². The third-order valence-corrected chi connectivity index (χ3v) is 13.9. The van der Waals surface area contributed by atoms with Crippen LogP contribution >= 0.6 is 10.0 Å². The van der Waals surface area contributed by atoms with Crippen LogP contribution in [0.15, 0.2) is 60.7 Å². The Morgan fingerprint density at radius 3 is 2.14 bits per heavy atom. The fraction of sp³-hybridized carbons (Fsp3) is 0.500. The zero-order chi connectivity index (χ0) is 31.5. The number of aliphatic hydroxyl groups is 2. The van der Waals surface area contributed by atoms with Crippen LogP contribution in [0, 0.1) is 0 Å². The van der Waals surface area contributed by atoms with Crippen LogP contribution in [-0.4, -0.2) is 121 Å². The summed E-state index contributed by atoms with van der Waals surface area (Å²) in [5.74, 6) is -1.60. The molecule has 0 unspecified atom stereocenters. The van der Waals surface area contributed by atoms with Crippen LogP contribution in [0.1, 0.15) is 31.4 Å². The molecule has 3 heterocycles. The summed E-state index contributed by atoms with van der Waals surface area (Å²) in [6.07, 6.45) is 0.0491. The Labute approximate surface area is 259 Å². The smallest absolute Gasteiger partial charge is 0.330 e. The van der Waals surface area contributed by atoms with Gasteiger partial charge in [-0.05, 0) is 25.0 Å². The SMILES string of the molecule is CC1(C)[C@H](C(=O)OCc2ccccc2)N2C(=O)C[C@H]2[S@@]1(CO)C(=O)N(CC(=O)N1CCN(CCO)CC1)Cc1ccccc1. The average Bonchev–Trinajstić information content (AvgIpc) is 3.19. The number of carbonyl (C=O) groups excluding carboxylic acids is 4. The number of fused-ring (bicyclic) bond motifs is 1. The van der Waals surface area contributed by atoms with Gasteiger partial charge in [0.2, 0.25) is 11.8 Å². The lowest BCUT2D eigenvalue weighted by Crippen LogP contribution is -2.57. The Hall–Kier alpha value is -3.45. The molecule has 0 aromatic heterocycles. The van der Waals surface area contributed by atoms with E-state index in [9.17, 15) is 29.4 Å². The van der Waals surface area contributed by atoms with Crippen LogP contribution in [0.4, 0.5) is 4.79 Å². The molecule has 2 aromatic rings. The molecule has 238 valence electrons. The molecule has 3 amide bonds. The first-order valence-corrected chi connectivity index (χ1v) is 16.9. The second kappa shape index (κ2) is 13.3. The summed E-state index contributed by atoms with van der Waals surface area (Å²) in [5.41, 5.74) is 1.62. The monoisotopic (exact) mass is 626 g/mol. The highest BCUT2D eigenvalue weighted by Crippen LogP contribution is 2.74. The van der Waals surface area contributed by atoms with Gasteiger partial charge in [-0.15, -0.1) is 10.0 Å². The maximum absolute atomic E-state index is 14.8. The largest absolute Gasteiger partial charge is 0.459 e. The van der Waals surface area contributed by atoms with Crippen molar-refractivity contribution in [2.45, 2.75) is 49.6 Å². The van der Waals surface area contributed by atoms with Gasteiger partial charge in [0.25, 0.3) is 5.24 Å². The normalized spacial score (nSPS) is 24.4. The molecule has 2 aromatic carbocycles. The highest BCUT2D eigenvalue weighted by molar-refractivity contribution is 8.46. The fourth-order valence-corrected chi connectivity index (χ4v) is 10.9. The fourth-order valence-electron chi connectivity index (χ4n) is 6.63. The zero-order valence-electron chi connectivity index (χ0n) is 25.3. The number of nitrogens with zero attached hydrogens (tertiary/aromatic N) is 4. The van der Waals surface area contributed by atoms with Gasteiger partial charge in [0, 0.05) is 44.0 Å². The maximum Gasteiger partial charge on any atom is 0.330 e. The van der Waals surface area contributed by atoms with Crippen molar-refractivity contribution in [2.24, 2.45) is 0 Å². The molecule has 0 aliphatic carbocycles. The van der Waals surface area contributed by atoms with E-state index in [0.717, 1.165) is 11.1 Å². The minimum absolute atomic E-state index is 0.0224. The van der Waals surface area contributed by atoms with E-state index in [1.165, 1.54) is 9.80 Å². The summed E-state index contributed by atoms with van der Waals surface area (Å²) >= 11 is 0. The standard InChI is InChI=1S/C32H42N4O7S/c1-32(2)29(30(41)43-22-25-11-7-4-8-12-25)36-26(39)19-28(36)44(32,23-38)31(42)35(20-24-9-5-3-6-10-24)21-27(40)34-15-13-33(14-16-34)17-18-37/h3-12,28-29,37-38H,13-23H2,1-2H3/t28-,29+/m1/s1. The number of β-lactam (4-membered cyclic amide) rings is 1. The van der Waals surface area contributed by atoms with Crippen molar-refractivity contribution in [1.82, 2.24) is 19.6 Å². The number of rotatable bonds is 10. The molecule has 0 spiro atoms. The molecule has 44 heavy (non-hydrogen) atoms. The van der Waals surface area contributed by atoms with E-state index in [0.29, 0.717) is 32.7 Å². The molecular weight excluding hydrogens is 584 g/mol. The van der Waals surface area contributed by atoms with Crippen molar-refractivity contribution in [1.29, 1.82) is 0 Å². The van der Waals surface area contributed by atoms with Crippen LogP contribution < -0.4 is 0 Å². The molecule has 3 fully saturated rings. The molecule has 3 aliphatic heterocycles. The van der Waals surface area contributed by atoms with Gasteiger partial charge in [-0.2, -0.15) is 0 Å². The van der Waals surface area contributed by atoms with E-state index in [1.54, 1.807) is 18.7 Å². The number of ether oxygens (including phenoxy) is 1. The van der Waals surface area contributed by atoms with Crippen LogP contribution in [0.3, 0.4) is 0 Å². The van der Waals surface area contributed by atoms with Crippen LogP contribution in [0.5, 0.6) is 0 Å². The molecule has 12 heteroatoms. The third-order valence-electron chi connectivity index (χ3n) is 9.19. The van der Waals surface area contributed by atoms with Gasteiger partial charge >= 0.3 is 5.97 Å². The molecule has 3 aliphatic rings. The van der Waals surface area contributed by atoms with Crippen molar-refractivity contribution in [3.8, 4) is 0 Å². The number of amides is 3. The van der Waals surface area contributed by atoms with E-state index < -0.39 is 38.1 Å². The van der Waals surface area contributed by atoms with Crippen molar-refractivity contribution < 1.29 is 34.1 Å². The predicted molar refractivity (Wildman–Crippen MR) is 166 cm³/mol. The summed E-state index contributed by atoms with van der Waals surface area (Å²) in [7, 11) is -2.78. The zero-order valence-corrected chi connectivity index (χ0v) is 26.2. The molecule has 3 saturated heterocycles. The first-order valence-electron chi connectivity index (χ1n) is 15.0. The summed E-state index contributed by atoms with van der Waals surface area (Å²) in [4.78, 5) is 61.8. The van der Waals surface area contributed by atoms with E-state index in [2.05, 4.69) is 4.90 Å². The van der Waals surface area contributed by atoms with Crippen molar-refractivity contribution in [2.75, 3.05) is 51.8 Å². The molecule has 0 saturated carbocycles. The Morgan fingerprint density at radius 2 is 1.57 bits per heavy atom. The minimum atomic E-state index is -2.78. The van der Waals surface area contributed by atoms with E-state index >= 15 is 0 Å². The van der Waals surface area contributed by atoms with Crippen LogP contribution in [-0.2, 0) is 32.3 Å². The first-order chi connectivity index (χ1) is 21.1. The lowest BCUT2D eigenvalue weighted by atomic mass is 9.98. The maximum atomic E-state index is 14.8. The molecule has 5 rings (SSSR count). The predicted octanol–water partition coefficient (Wildman–Crippen LogP) is 1.96. The number of aliphatic hydroxyl groups excluding tert-OH is 2. The Balaban J connectivity index is 1.42. The lowest BCUT2D eigenvalue weighted by Gasteiger charge is -2.51. The second-order valence-electron chi connectivity index (χ2n) is 12.0. The number of β-amino-alcohol motifs (C(OH)–C–C–N with tert-alkyl or cyclic N) is 1. The molecule has 2 N–H and O–H groups in total. The van der Waals surface area contributed by atoms with Gasteiger partial charge in [-0.25, -0.2) is 4.79 Å². The van der Waals surface area contributed by atoms with E-state index in [-0.39, 0.29) is 49.8 Å². The van der Waals surface area contributed by atoms with Gasteiger partial charge in [0.1, 0.15) is 19.2 Å². The summed E-state index contributed by atoms with van der Waals surface area (Å²) in [5, 5.41) is 19.3. The second-order valence-corrected chi connectivity index (χ2v) is 15.8. The number of esters is 1. The highest BCUT2D eigenvalue weighted by atomic mass is 32.3. The Morgan fingerprint density at radius 1 is 0.955 bits per heavy atom. The lowest BCUT2D eigenvalue weighted by molar-refractivity contribution is -0.162. The minimum Gasteiger partial charge on any atom is -0.459 e. The number of piperazine rings is 1. The van der Waals surface area contributed by atoms with Crippen molar-refractivity contribution in [3.05, 3.63) is 71.8 Å².